The second kappa shape index (κ2) is 7.49. The van der Waals surface area contributed by atoms with E-state index in [-0.39, 0.29) is 23.9 Å². The number of urea groups is 1. The van der Waals surface area contributed by atoms with E-state index in [2.05, 4.69) is 17.6 Å². The van der Waals surface area contributed by atoms with Crippen molar-refractivity contribution in [1.82, 2.24) is 15.5 Å². The van der Waals surface area contributed by atoms with Crippen molar-refractivity contribution >= 4 is 17.8 Å². The zero-order valence-corrected chi connectivity index (χ0v) is 19.1. The van der Waals surface area contributed by atoms with Crippen molar-refractivity contribution in [3.05, 3.63) is 29.8 Å². The van der Waals surface area contributed by atoms with Gasteiger partial charge in [-0.25, -0.2) is 4.79 Å². The maximum absolute atomic E-state index is 13.2. The van der Waals surface area contributed by atoms with E-state index >= 15 is 0 Å². The van der Waals surface area contributed by atoms with Gasteiger partial charge >= 0.3 is 6.03 Å². The molecule has 1 saturated heterocycles. The summed E-state index contributed by atoms with van der Waals surface area (Å²) in [6.45, 7) is 3.52. The molecule has 2 unspecified atom stereocenters. The molecule has 4 amide bonds. The van der Waals surface area contributed by atoms with Crippen LogP contribution in [0.1, 0.15) is 57.9 Å². The summed E-state index contributed by atoms with van der Waals surface area (Å²) in [5, 5.41) is 5.93. The molecule has 172 valence electrons. The Balaban J connectivity index is 1.25. The zero-order valence-electron chi connectivity index (χ0n) is 19.1. The molecule has 32 heavy (non-hydrogen) atoms. The molecule has 2 N–H and O–H groups in total. The van der Waals surface area contributed by atoms with Gasteiger partial charge < -0.3 is 15.4 Å². The number of ether oxygens (including phenoxy) is 1. The molecule has 0 aromatic heterocycles. The number of nitrogens with one attached hydrogen (secondary N) is 2. The van der Waals surface area contributed by atoms with Crippen LogP contribution in [-0.4, -0.2) is 42.4 Å². The van der Waals surface area contributed by atoms with E-state index in [1.807, 2.05) is 0 Å². The smallest absolute Gasteiger partial charge is 0.325 e. The van der Waals surface area contributed by atoms with Crippen LogP contribution in [0.15, 0.2) is 24.3 Å². The number of hydrogen-bond acceptors (Lipinski definition) is 4. The Morgan fingerprint density at radius 1 is 1.12 bits per heavy atom. The van der Waals surface area contributed by atoms with E-state index in [0.29, 0.717) is 11.3 Å². The van der Waals surface area contributed by atoms with Crippen LogP contribution in [0.25, 0.3) is 0 Å². The van der Waals surface area contributed by atoms with E-state index in [4.69, 9.17) is 4.74 Å². The van der Waals surface area contributed by atoms with Gasteiger partial charge in [-0.05, 0) is 93.2 Å². The Labute approximate surface area is 189 Å². The predicted molar refractivity (Wildman–Crippen MR) is 119 cm³/mol. The number of hydrogen-bond donors (Lipinski definition) is 2. The van der Waals surface area contributed by atoms with E-state index in [1.54, 1.807) is 38.3 Å². The lowest BCUT2D eigenvalue weighted by molar-refractivity contribution is -0.136. The molecule has 7 heteroatoms. The number of carbonyl (C=O) groups is 3. The number of benzene rings is 1. The Bertz CT molecular complexity index is 908. The van der Waals surface area contributed by atoms with Crippen molar-refractivity contribution in [2.75, 3.05) is 13.7 Å². The standard InChI is InChI=1S/C25H33N3O4/c1-15(25-11-16-8-17(12-25)10-18(9-16)13-25)26-21(29)14-28-22(30)24(2,27-23(28)31)19-4-6-20(32-3)7-5-19/h4-7,15-18H,8-14H2,1-3H3,(H,26,29)(H,27,31). The highest BCUT2D eigenvalue weighted by Gasteiger charge is 2.54. The number of nitrogens with zero attached hydrogens (tertiary/aromatic N) is 1. The van der Waals surface area contributed by atoms with Gasteiger partial charge in [-0.1, -0.05) is 12.1 Å². The fraction of sp³-hybridized carbons (Fsp3) is 0.640. The lowest BCUT2D eigenvalue weighted by Crippen LogP contribution is -2.57. The van der Waals surface area contributed by atoms with Gasteiger partial charge in [0, 0.05) is 6.04 Å². The highest BCUT2D eigenvalue weighted by Crippen LogP contribution is 2.61. The Morgan fingerprint density at radius 3 is 2.22 bits per heavy atom. The molecule has 5 aliphatic rings. The average Bonchev–Trinajstić information content (AvgIpc) is 2.96. The number of carbonyl (C=O) groups excluding carboxylic acids is 3. The minimum atomic E-state index is -1.20. The van der Waals surface area contributed by atoms with Crippen molar-refractivity contribution in [1.29, 1.82) is 0 Å². The summed E-state index contributed by atoms with van der Waals surface area (Å²) in [6.07, 6.45) is 7.64. The van der Waals surface area contributed by atoms with Crippen LogP contribution < -0.4 is 15.4 Å². The topological polar surface area (TPSA) is 87.7 Å². The van der Waals surface area contributed by atoms with Crippen LogP contribution in [0.5, 0.6) is 5.75 Å². The van der Waals surface area contributed by atoms with E-state index in [0.717, 1.165) is 22.7 Å². The number of rotatable bonds is 6. The monoisotopic (exact) mass is 439 g/mol. The predicted octanol–water partition coefficient (Wildman–Crippen LogP) is 3.18. The first kappa shape index (κ1) is 21.3. The third-order valence-electron chi connectivity index (χ3n) is 8.63. The molecule has 1 aromatic rings. The van der Waals surface area contributed by atoms with Gasteiger partial charge in [0.15, 0.2) is 0 Å². The average molecular weight is 440 g/mol. The lowest BCUT2D eigenvalue weighted by Gasteiger charge is -2.59. The summed E-state index contributed by atoms with van der Waals surface area (Å²) in [6, 6.07) is 6.54. The van der Waals surface area contributed by atoms with Gasteiger partial charge in [0.25, 0.3) is 5.91 Å². The SMILES string of the molecule is COc1ccc(C2(C)NC(=O)N(CC(=O)NC(C)C34CC5CC(CC(C5)C3)C4)C2=O)cc1. The molecule has 1 heterocycles. The molecule has 4 bridgehead atoms. The van der Waals surface area contributed by atoms with Crippen LogP contribution in [-0.2, 0) is 15.1 Å². The fourth-order valence-corrected chi connectivity index (χ4v) is 7.25. The molecule has 1 aliphatic heterocycles. The molecular formula is C25H33N3O4. The van der Waals surface area contributed by atoms with Crippen LogP contribution in [0.4, 0.5) is 4.79 Å². The largest absolute Gasteiger partial charge is 0.497 e. The summed E-state index contributed by atoms with van der Waals surface area (Å²) in [5.41, 5.74) is -0.365. The number of amides is 4. The molecule has 7 nitrogen and oxygen atoms in total. The van der Waals surface area contributed by atoms with Gasteiger partial charge in [-0.3, -0.25) is 14.5 Å². The molecule has 0 spiro atoms. The van der Waals surface area contributed by atoms with Crippen LogP contribution in [0.2, 0.25) is 0 Å². The summed E-state index contributed by atoms with van der Waals surface area (Å²) >= 11 is 0. The zero-order chi connectivity index (χ0) is 22.7. The Hall–Kier alpha value is -2.57. The first-order valence-corrected chi connectivity index (χ1v) is 11.8. The van der Waals surface area contributed by atoms with Crippen LogP contribution in [0, 0.1) is 23.2 Å². The fourth-order valence-electron chi connectivity index (χ4n) is 7.25. The lowest BCUT2D eigenvalue weighted by atomic mass is 9.48. The second-order valence-corrected chi connectivity index (χ2v) is 10.7. The van der Waals surface area contributed by atoms with E-state index in [9.17, 15) is 14.4 Å². The molecule has 6 rings (SSSR count). The highest BCUT2D eigenvalue weighted by molar-refractivity contribution is 6.09. The molecule has 4 saturated carbocycles. The van der Waals surface area contributed by atoms with Crippen LogP contribution >= 0.6 is 0 Å². The first-order chi connectivity index (χ1) is 15.2. The second-order valence-electron chi connectivity index (χ2n) is 10.7. The van der Waals surface area contributed by atoms with Crippen LogP contribution in [0.3, 0.4) is 0 Å². The number of methoxy groups -OCH3 is 1. The molecule has 2 atom stereocenters. The van der Waals surface area contributed by atoms with Crippen molar-refractivity contribution in [2.45, 2.75) is 64.0 Å². The van der Waals surface area contributed by atoms with Gasteiger partial charge in [0.1, 0.15) is 17.8 Å². The minimum absolute atomic E-state index is 0.0529. The summed E-state index contributed by atoms with van der Waals surface area (Å²) < 4.78 is 5.18. The van der Waals surface area contributed by atoms with Crippen molar-refractivity contribution in [3.8, 4) is 5.75 Å². The Morgan fingerprint density at radius 2 is 1.69 bits per heavy atom. The van der Waals surface area contributed by atoms with Gasteiger partial charge in [0.2, 0.25) is 5.91 Å². The maximum atomic E-state index is 13.2. The highest BCUT2D eigenvalue weighted by atomic mass is 16.5. The van der Waals surface area contributed by atoms with E-state index in [1.165, 1.54) is 38.5 Å². The molecule has 0 radical (unpaired) electrons. The maximum Gasteiger partial charge on any atom is 0.325 e. The summed E-state index contributed by atoms with van der Waals surface area (Å²) in [4.78, 5) is 39.8. The third-order valence-corrected chi connectivity index (χ3v) is 8.63. The van der Waals surface area contributed by atoms with Crippen molar-refractivity contribution < 1.29 is 19.1 Å². The quantitative estimate of drug-likeness (QED) is 0.667. The summed E-state index contributed by atoms with van der Waals surface area (Å²) in [5.74, 6) is 2.40. The molecule has 1 aromatic carbocycles. The third kappa shape index (κ3) is 3.37. The first-order valence-electron chi connectivity index (χ1n) is 11.8. The summed E-state index contributed by atoms with van der Waals surface area (Å²) in [7, 11) is 1.57. The van der Waals surface area contributed by atoms with Crippen molar-refractivity contribution in [3.63, 3.8) is 0 Å². The molecule has 5 fully saturated rings. The molecular weight excluding hydrogens is 406 g/mol. The number of imide groups is 1. The van der Waals surface area contributed by atoms with E-state index < -0.39 is 17.5 Å². The van der Waals surface area contributed by atoms with Gasteiger partial charge in [0.05, 0.1) is 7.11 Å². The Kier molecular flexibility index (Phi) is 4.98. The normalized spacial score (nSPS) is 36.2. The molecule has 4 aliphatic carbocycles. The van der Waals surface area contributed by atoms with Gasteiger partial charge in [-0.2, -0.15) is 0 Å². The van der Waals surface area contributed by atoms with Gasteiger partial charge in [-0.15, -0.1) is 0 Å². The van der Waals surface area contributed by atoms with Crippen molar-refractivity contribution in [2.24, 2.45) is 23.2 Å². The minimum Gasteiger partial charge on any atom is -0.497 e.